The van der Waals surface area contributed by atoms with Gasteiger partial charge in [0.2, 0.25) is 0 Å². The zero-order valence-corrected chi connectivity index (χ0v) is 14.9. The normalized spacial score (nSPS) is 21.1. The number of piperidine rings is 1. The van der Waals surface area contributed by atoms with Crippen LogP contribution in [0.5, 0.6) is 5.75 Å². The fourth-order valence-electron chi connectivity index (χ4n) is 3.51. The van der Waals surface area contributed by atoms with Crippen molar-refractivity contribution in [3.8, 4) is 5.75 Å². The maximum Gasteiger partial charge on any atom is 0.430 e. The Labute approximate surface area is 156 Å². The first-order valence-corrected chi connectivity index (χ1v) is 9.35. The Hall–Kier alpha value is -2.22. The van der Waals surface area contributed by atoms with Gasteiger partial charge in [0.1, 0.15) is 17.1 Å². The number of anilines is 1. The van der Waals surface area contributed by atoms with Crippen LogP contribution < -0.4 is 20.3 Å². The van der Waals surface area contributed by atoms with E-state index in [0.29, 0.717) is 0 Å². The number of alkyl halides is 3. The molecule has 1 aromatic heterocycles. The molecule has 0 bridgehead atoms. The maximum absolute atomic E-state index is 12.9. The SMILES string of the molecule is FC(F)(F)C1=CC=C(N(c2cnccc2OC2CC2)C2CCNCC2)CN1. The number of ether oxygens (including phenoxy) is 1. The second-order valence-corrected chi connectivity index (χ2v) is 7.10. The van der Waals surface area contributed by atoms with Crippen molar-refractivity contribution in [1.29, 1.82) is 0 Å². The highest BCUT2D eigenvalue weighted by molar-refractivity contribution is 5.62. The number of aromatic nitrogens is 1. The predicted octanol–water partition coefficient (Wildman–Crippen LogP) is 3.11. The van der Waals surface area contributed by atoms with E-state index in [2.05, 4.69) is 20.5 Å². The maximum atomic E-state index is 12.9. The summed E-state index contributed by atoms with van der Waals surface area (Å²) in [5.74, 6) is 0.748. The van der Waals surface area contributed by atoms with Gasteiger partial charge >= 0.3 is 6.18 Å². The third-order valence-corrected chi connectivity index (χ3v) is 5.03. The van der Waals surface area contributed by atoms with Crippen LogP contribution in [0, 0.1) is 0 Å². The van der Waals surface area contributed by atoms with Crippen LogP contribution in [0.3, 0.4) is 0 Å². The molecule has 146 valence electrons. The van der Waals surface area contributed by atoms with Crippen LogP contribution in [0.1, 0.15) is 25.7 Å². The van der Waals surface area contributed by atoms with Gasteiger partial charge in [0.05, 0.1) is 18.8 Å². The summed E-state index contributed by atoms with van der Waals surface area (Å²) in [6.07, 6.45) is 5.89. The minimum Gasteiger partial charge on any atom is -0.488 e. The first-order chi connectivity index (χ1) is 13.0. The van der Waals surface area contributed by atoms with Gasteiger partial charge in [-0.25, -0.2) is 0 Å². The molecule has 1 saturated heterocycles. The fraction of sp³-hybridized carbons (Fsp3) is 0.526. The average Bonchev–Trinajstić information content (AvgIpc) is 3.48. The predicted molar refractivity (Wildman–Crippen MR) is 96.5 cm³/mol. The van der Waals surface area contributed by atoms with Crippen molar-refractivity contribution in [1.82, 2.24) is 15.6 Å². The minimum absolute atomic E-state index is 0.118. The molecular formula is C19H23F3N4O. The third kappa shape index (κ3) is 4.21. The van der Waals surface area contributed by atoms with E-state index in [1.165, 1.54) is 0 Å². The molecule has 2 fully saturated rings. The Morgan fingerprint density at radius 1 is 1.11 bits per heavy atom. The molecule has 3 heterocycles. The third-order valence-electron chi connectivity index (χ3n) is 5.03. The molecule has 8 heteroatoms. The molecular weight excluding hydrogens is 357 g/mol. The van der Waals surface area contributed by atoms with Crippen molar-refractivity contribution < 1.29 is 17.9 Å². The summed E-state index contributed by atoms with van der Waals surface area (Å²) < 4.78 is 44.9. The van der Waals surface area contributed by atoms with Crippen molar-refractivity contribution in [2.45, 2.75) is 44.0 Å². The van der Waals surface area contributed by atoms with Gasteiger partial charge in [-0.05, 0) is 50.9 Å². The number of dihydropyridines is 1. The van der Waals surface area contributed by atoms with Gasteiger partial charge in [-0.3, -0.25) is 4.98 Å². The van der Waals surface area contributed by atoms with Crippen LogP contribution in [-0.4, -0.2) is 42.9 Å². The molecule has 0 unspecified atom stereocenters. The van der Waals surface area contributed by atoms with E-state index in [1.54, 1.807) is 18.5 Å². The Bertz CT molecular complexity index is 737. The number of hydrogen-bond acceptors (Lipinski definition) is 5. The Balaban J connectivity index is 1.68. The monoisotopic (exact) mass is 380 g/mol. The largest absolute Gasteiger partial charge is 0.488 e. The van der Waals surface area contributed by atoms with E-state index in [9.17, 15) is 13.2 Å². The van der Waals surface area contributed by atoms with E-state index in [-0.39, 0.29) is 18.7 Å². The number of halogens is 3. The highest BCUT2D eigenvalue weighted by Gasteiger charge is 2.36. The molecule has 4 rings (SSSR count). The van der Waals surface area contributed by atoms with Crippen LogP contribution in [-0.2, 0) is 0 Å². The molecule has 3 aliphatic rings. The van der Waals surface area contributed by atoms with E-state index >= 15 is 0 Å². The van der Waals surface area contributed by atoms with Crippen molar-refractivity contribution in [2.24, 2.45) is 0 Å². The van der Waals surface area contributed by atoms with Gasteiger partial charge in [0, 0.05) is 24.0 Å². The smallest absolute Gasteiger partial charge is 0.430 e. The lowest BCUT2D eigenvalue weighted by atomic mass is 10.0. The van der Waals surface area contributed by atoms with E-state index in [4.69, 9.17) is 4.74 Å². The first kappa shape index (κ1) is 18.2. The van der Waals surface area contributed by atoms with Gasteiger partial charge in [0.15, 0.2) is 0 Å². The first-order valence-electron chi connectivity index (χ1n) is 9.35. The molecule has 1 aromatic rings. The zero-order valence-electron chi connectivity index (χ0n) is 14.9. The summed E-state index contributed by atoms with van der Waals surface area (Å²) >= 11 is 0. The highest BCUT2D eigenvalue weighted by atomic mass is 19.4. The molecule has 0 aromatic carbocycles. The molecule has 0 spiro atoms. The van der Waals surface area contributed by atoms with Crippen LogP contribution in [0.25, 0.3) is 0 Å². The number of allylic oxidation sites excluding steroid dienone is 3. The summed E-state index contributed by atoms with van der Waals surface area (Å²) in [4.78, 5) is 6.37. The minimum atomic E-state index is -4.36. The fourth-order valence-corrected chi connectivity index (χ4v) is 3.51. The summed E-state index contributed by atoms with van der Waals surface area (Å²) in [5.41, 5.74) is 0.911. The van der Waals surface area contributed by atoms with Crippen LogP contribution in [0.15, 0.2) is 42.0 Å². The number of nitrogens with zero attached hydrogens (tertiary/aromatic N) is 2. The molecule has 5 nitrogen and oxygen atoms in total. The zero-order chi connectivity index (χ0) is 18.9. The van der Waals surface area contributed by atoms with Crippen molar-refractivity contribution in [3.05, 3.63) is 42.0 Å². The molecule has 0 amide bonds. The van der Waals surface area contributed by atoms with E-state index < -0.39 is 11.9 Å². The molecule has 0 atom stereocenters. The van der Waals surface area contributed by atoms with E-state index in [0.717, 1.165) is 62.0 Å². The Morgan fingerprint density at radius 2 is 1.89 bits per heavy atom. The molecule has 1 saturated carbocycles. The van der Waals surface area contributed by atoms with Gasteiger partial charge in [-0.1, -0.05) is 0 Å². The summed E-state index contributed by atoms with van der Waals surface area (Å²) in [7, 11) is 0. The topological polar surface area (TPSA) is 49.4 Å². The average molecular weight is 380 g/mol. The molecule has 2 N–H and O–H groups in total. The molecule has 0 radical (unpaired) electrons. The summed E-state index contributed by atoms with van der Waals surface area (Å²) in [5, 5.41) is 5.86. The van der Waals surface area contributed by atoms with Gasteiger partial charge < -0.3 is 20.3 Å². The van der Waals surface area contributed by atoms with Crippen molar-refractivity contribution in [3.63, 3.8) is 0 Å². The van der Waals surface area contributed by atoms with Gasteiger partial charge in [-0.15, -0.1) is 0 Å². The van der Waals surface area contributed by atoms with E-state index in [1.807, 2.05) is 6.07 Å². The second-order valence-electron chi connectivity index (χ2n) is 7.10. The number of pyridine rings is 1. The van der Waals surface area contributed by atoms with Crippen molar-refractivity contribution >= 4 is 5.69 Å². The molecule has 1 aliphatic carbocycles. The summed E-state index contributed by atoms with van der Waals surface area (Å²) in [6, 6.07) is 2.03. The standard InChI is InChI=1S/C19H23F3N4O/c20-19(21,22)18-4-1-14(11-25-18)26(13-5-8-23-9-6-13)16-12-24-10-7-17(16)27-15-2-3-15/h1,4,7,10,12-13,15,23,25H,2-3,5-6,8-9,11H2. The lowest BCUT2D eigenvalue weighted by Crippen LogP contribution is -2.45. The lowest BCUT2D eigenvalue weighted by molar-refractivity contribution is -0.0966. The summed E-state index contributed by atoms with van der Waals surface area (Å²) in [6.45, 7) is 1.88. The number of nitrogens with one attached hydrogen (secondary N) is 2. The van der Waals surface area contributed by atoms with Crippen LogP contribution in [0.2, 0.25) is 0 Å². The molecule has 2 aliphatic heterocycles. The Kier molecular flexibility index (Phi) is 4.99. The highest BCUT2D eigenvalue weighted by Crippen LogP contribution is 2.38. The van der Waals surface area contributed by atoms with Gasteiger partial charge in [0.25, 0.3) is 0 Å². The van der Waals surface area contributed by atoms with Crippen LogP contribution >= 0.6 is 0 Å². The lowest BCUT2D eigenvalue weighted by Gasteiger charge is -2.39. The Morgan fingerprint density at radius 3 is 2.52 bits per heavy atom. The number of hydrogen-bond donors (Lipinski definition) is 2. The number of rotatable bonds is 5. The van der Waals surface area contributed by atoms with Crippen molar-refractivity contribution in [2.75, 3.05) is 24.5 Å². The van der Waals surface area contributed by atoms with Crippen LogP contribution in [0.4, 0.5) is 18.9 Å². The molecule has 27 heavy (non-hydrogen) atoms. The quantitative estimate of drug-likeness (QED) is 0.822. The second kappa shape index (κ2) is 7.42. The van der Waals surface area contributed by atoms with Gasteiger partial charge in [-0.2, -0.15) is 13.2 Å².